The van der Waals surface area contributed by atoms with Crippen LogP contribution in [-0.2, 0) is 9.47 Å². The van der Waals surface area contributed by atoms with Gasteiger partial charge in [0.05, 0.1) is 24.4 Å². The Labute approximate surface area is 65.9 Å². The summed E-state index contributed by atoms with van der Waals surface area (Å²) in [5.74, 6) is 1.84. The van der Waals surface area contributed by atoms with Gasteiger partial charge in [0.15, 0.2) is 0 Å². The van der Waals surface area contributed by atoms with Gasteiger partial charge in [0.2, 0.25) is 0 Å². The van der Waals surface area contributed by atoms with E-state index in [0.29, 0.717) is 24.4 Å². The van der Waals surface area contributed by atoms with Gasteiger partial charge in [-0.3, -0.25) is 0 Å². The highest BCUT2D eigenvalue weighted by molar-refractivity contribution is 5.09. The average molecular weight is 152 g/mol. The van der Waals surface area contributed by atoms with Crippen molar-refractivity contribution in [2.24, 2.45) is 11.8 Å². The molecule has 0 bridgehead atoms. The van der Waals surface area contributed by atoms with Gasteiger partial charge in [0.1, 0.15) is 0 Å². The lowest BCUT2D eigenvalue weighted by Gasteiger charge is -2.23. The molecule has 0 N–H and O–H groups in total. The Morgan fingerprint density at radius 2 is 1.64 bits per heavy atom. The SMILES string of the molecule is C1[C@@H]2C[C@H]3O[C@@H]3C[C@H]2[C@H]2O[C@H]12. The molecule has 4 fully saturated rings. The number of rotatable bonds is 0. The van der Waals surface area contributed by atoms with E-state index in [1.165, 1.54) is 19.3 Å². The normalized spacial score (nSPS) is 69.8. The van der Waals surface area contributed by atoms with Crippen LogP contribution in [0.2, 0.25) is 0 Å². The van der Waals surface area contributed by atoms with Crippen molar-refractivity contribution in [2.75, 3.05) is 0 Å². The van der Waals surface area contributed by atoms with Gasteiger partial charge in [0.25, 0.3) is 0 Å². The van der Waals surface area contributed by atoms with E-state index in [-0.39, 0.29) is 0 Å². The quantitative estimate of drug-likeness (QED) is 0.483. The van der Waals surface area contributed by atoms with E-state index in [2.05, 4.69) is 0 Å². The minimum atomic E-state index is 0.638. The number of ether oxygens (including phenoxy) is 2. The van der Waals surface area contributed by atoms with Crippen LogP contribution in [0.5, 0.6) is 0 Å². The molecule has 60 valence electrons. The molecular formula is C9H12O2. The van der Waals surface area contributed by atoms with Gasteiger partial charge < -0.3 is 9.47 Å². The summed E-state index contributed by atoms with van der Waals surface area (Å²) >= 11 is 0. The average Bonchev–Trinajstić information content (AvgIpc) is 2.84. The fourth-order valence-electron chi connectivity index (χ4n) is 3.22. The second-order valence-electron chi connectivity index (χ2n) is 4.48. The number of fused-ring (bicyclic) bond motifs is 4. The molecule has 0 unspecified atom stereocenters. The van der Waals surface area contributed by atoms with E-state index < -0.39 is 0 Å². The smallest absolute Gasteiger partial charge is 0.0873 e. The Kier molecular flexibility index (Phi) is 0.758. The molecule has 0 amide bonds. The summed E-state index contributed by atoms with van der Waals surface area (Å²) in [7, 11) is 0. The van der Waals surface area contributed by atoms with E-state index in [9.17, 15) is 0 Å². The Morgan fingerprint density at radius 1 is 0.818 bits per heavy atom. The molecule has 2 heterocycles. The Balaban J connectivity index is 1.65. The Bertz CT molecular complexity index is 216. The van der Waals surface area contributed by atoms with Crippen molar-refractivity contribution < 1.29 is 9.47 Å². The summed E-state index contributed by atoms with van der Waals surface area (Å²) in [6.07, 6.45) is 6.60. The topological polar surface area (TPSA) is 25.1 Å². The molecule has 2 aliphatic carbocycles. The van der Waals surface area contributed by atoms with Gasteiger partial charge >= 0.3 is 0 Å². The number of hydrogen-bond acceptors (Lipinski definition) is 2. The fourth-order valence-corrected chi connectivity index (χ4v) is 3.22. The van der Waals surface area contributed by atoms with Crippen LogP contribution in [0, 0.1) is 11.8 Å². The highest BCUT2D eigenvalue weighted by Gasteiger charge is 2.61. The number of epoxide rings is 2. The minimum Gasteiger partial charge on any atom is -0.370 e. The lowest BCUT2D eigenvalue weighted by molar-refractivity contribution is 0.171. The number of hydrogen-bond donors (Lipinski definition) is 0. The van der Waals surface area contributed by atoms with E-state index in [0.717, 1.165) is 11.8 Å². The third kappa shape index (κ3) is 0.611. The van der Waals surface area contributed by atoms with Crippen LogP contribution >= 0.6 is 0 Å². The van der Waals surface area contributed by atoms with Crippen molar-refractivity contribution in [3.8, 4) is 0 Å². The molecule has 2 aliphatic heterocycles. The lowest BCUT2D eigenvalue weighted by Crippen LogP contribution is -2.24. The standard InChI is InChI=1S/C9H12O2/c1-4-2-8-9(11-8)5(4)3-7-6(1)10-7/h4-9H,1-3H2/t4-,5+,6+,7+,8+,9+/m0/s1. The van der Waals surface area contributed by atoms with Crippen molar-refractivity contribution in [3.63, 3.8) is 0 Å². The Morgan fingerprint density at radius 3 is 2.64 bits per heavy atom. The van der Waals surface area contributed by atoms with Crippen LogP contribution in [0.1, 0.15) is 19.3 Å². The molecule has 2 saturated heterocycles. The first-order valence-electron chi connectivity index (χ1n) is 4.73. The fraction of sp³-hybridized carbons (Fsp3) is 1.00. The van der Waals surface area contributed by atoms with Gasteiger partial charge in [-0.1, -0.05) is 0 Å². The lowest BCUT2D eigenvalue weighted by atomic mass is 9.81. The molecule has 2 nitrogen and oxygen atoms in total. The van der Waals surface area contributed by atoms with Gasteiger partial charge in [-0.2, -0.15) is 0 Å². The van der Waals surface area contributed by atoms with Crippen LogP contribution < -0.4 is 0 Å². The molecule has 0 aromatic rings. The monoisotopic (exact) mass is 152 g/mol. The van der Waals surface area contributed by atoms with Gasteiger partial charge in [-0.25, -0.2) is 0 Å². The molecule has 0 spiro atoms. The summed E-state index contributed by atoms with van der Waals surface area (Å²) in [6.45, 7) is 0. The van der Waals surface area contributed by atoms with Crippen molar-refractivity contribution in [1.29, 1.82) is 0 Å². The molecule has 4 rings (SSSR count). The summed E-state index contributed by atoms with van der Waals surface area (Å²) in [5.41, 5.74) is 0. The molecule has 11 heavy (non-hydrogen) atoms. The van der Waals surface area contributed by atoms with E-state index >= 15 is 0 Å². The van der Waals surface area contributed by atoms with Gasteiger partial charge in [-0.05, 0) is 31.1 Å². The third-order valence-corrected chi connectivity index (χ3v) is 3.91. The van der Waals surface area contributed by atoms with Crippen LogP contribution in [0.25, 0.3) is 0 Å². The second kappa shape index (κ2) is 1.50. The highest BCUT2D eigenvalue weighted by atomic mass is 16.6. The third-order valence-electron chi connectivity index (χ3n) is 3.91. The second-order valence-corrected chi connectivity index (χ2v) is 4.48. The summed E-state index contributed by atoms with van der Waals surface area (Å²) in [4.78, 5) is 0. The molecule has 0 radical (unpaired) electrons. The zero-order valence-electron chi connectivity index (χ0n) is 6.40. The summed E-state index contributed by atoms with van der Waals surface area (Å²) < 4.78 is 11.1. The summed E-state index contributed by atoms with van der Waals surface area (Å²) in [5, 5.41) is 0. The zero-order chi connectivity index (χ0) is 7.00. The largest absolute Gasteiger partial charge is 0.370 e. The van der Waals surface area contributed by atoms with Gasteiger partial charge in [-0.15, -0.1) is 0 Å². The summed E-state index contributed by atoms with van der Waals surface area (Å²) in [6, 6.07) is 0. The van der Waals surface area contributed by atoms with Crippen LogP contribution in [-0.4, -0.2) is 24.4 Å². The molecular weight excluding hydrogens is 140 g/mol. The maximum Gasteiger partial charge on any atom is 0.0873 e. The molecule has 2 saturated carbocycles. The first kappa shape index (κ1) is 5.55. The van der Waals surface area contributed by atoms with Crippen molar-refractivity contribution in [2.45, 2.75) is 43.7 Å². The van der Waals surface area contributed by atoms with Crippen LogP contribution in [0.3, 0.4) is 0 Å². The molecule has 0 aromatic carbocycles. The molecule has 4 aliphatic rings. The molecule has 0 aromatic heterocycles. The Hall–Kier alpha value is -0.0800. The predicted octanol–water partition coefficient (Wildman–Crippen LogP) is 0.951. The van der Waals surface area contributed by atoms with Gasteiger partial charge in [0, 0.05) is 0 Å². The van der Waals surface area contributed by atoms with Crippen molar-refractivity contribution in [3.05, 3.63) is 0 Å². The van der Waals surface area contributed by atoms with Crippen molar-refractivity contribution >= 4 is 0 Å². The van der Waals surface area contributed by atoms with Crippen molar-refractivity contribution in [1.82, 2.24) is 0 Å². The van der Waals surface area contributed by atoms with E-state index in [1.807, 2.05) is 0 Å². The van der Waals surface area contributed by atoms with E-state index in [4.69, 9.17) is 9.47 Å². The first-order chi connectivity index (χ1) is 5.42. The molecule has 2 heteroatoms. The first-order valence-corrected chi connectivity index (χ1v) is 4.73. The maximum atomic E-state index is 5.53. The van der Waals surface area contributed by atoms with E-state index in [1.54, 1.807) is 0 Å². The zero-order valence-corrected chi connectivity index (χ0v) is 6.40. The van der Waals surface area contributed by atoms with Crippen LogP contribution in [0.15, 0.2) is 0 Å². The van der Waals surface area contributed by atoms with Crippen LogP contribution in [0.4, 0.5) is 0 Å². The maximum absolute atomic E-state index is 5.53. The minimum absolute atomic E-state index is 0.638. The highest BCUT2D eigenvalue weighted by Crippen LogP contribution is 2.56. The molecule has 6 atom stereocenters. The predicted molar refractivity (Wildman–Crippen MR) is 38.2 cm³/mol.